The molecule has 23 heavy (non-hydrogen) atoms. The maximum absolute atomic E-state index is 5.42. The van der Waals surface area contributed by atoms with E-state index in [9.17, 15) is 0 Å². The zero-order valence-corrected chi connectivity index (χ0v) is 12.5. The maximum atomic E-state index is 5.42. The summed E-state index contributed by atoms with van der Waals surface area (Å²) in [4.78, 5) is 9.00. The third-order valence-corrected chi connectivity index (χ3v) is 3.67. The molecule has 1 aromatic heterocycles. The monoisotopic (exact) mass is 306 g/mol. The van der Waals surface area contributed by atoms with Gasteiger partial charge in [0.1, 0.15) is 5.75 Å². The lowest BCUT2D eigenvalue weighted by molar-refractivity contribution is 0.174. The molecule has 3 aromatic rings. The van der Waals surface area contributed by atoms with Crippen LogP contribution in [0.25, 0.3) is 22.6 Å². The molecule has 2 aromatic carbocycles. The Morgan fingerprint density at radius 1 is 0.913 bits per heavy atom. The van der Waals surface area contributed by atoms with E-state index in [-0.39, 0.29) is 6.79 Å². The largest absolute Gasteiger partial charge is 0.497 e. The second-order valence-electron chi connectivity index (χ2n) is 5.06. The summed E-state index contributed by atoms with van der Waals surface area (Å²) < 4.78 is 15.9. The van der Waals surface area contributed by atoms with Crippen LogP contribution in [0.1, 0.15) is 0 Å². The summed E-state index contributed by atoms with van der Waals surface area (Å²) in [7, 11) is 1.64. The first kappa shape index (κ1) is 13.6. The van der Waals surface area contributed by atoms with Gasteiger partial charge in [-0.15, -0.1) is 0 Å². The van der Waals surface area contributed by atoms with Crippen LogP contribution in [0.15, 0.2) is 54.7 Å². The molecule has 0 N–H and O–H groups in total. The summed E-state index contributed by atoms with van der Waals surface area (Å²) in [5, 5.41) is 0. The van der Waals surface area contributed by atoms with Crippen molar-refractivity contribution in [3.8, 4) is 39.9 Å². The number of benzene rings is 2. The van der Waals surface area contributed by atoms with Gasteiger partial charge < -0.3 is 14.2 Å². The van der Waals surface area contributed by atoms with Crippen LogP contribution in [-0.2, 0) is 0 Å². The van der Waals surface area contributed by atoms with E-state index in [1.54, 1.807) is 13.3 Å². The Kier molecular flexibility index (Phi) is 3.31. The molecule has 0 aliphatic carbocycles. The minimum atomic E-state index is 0.264. The first-order valence-corrected chi connectivity index (χ1v) is 7.21. The molecule has 0 unspecified atom stereocenters. The number of hydrogen-bond acceptors (Lipinski definition) is 5. The number of ether oxygens (including phenoxy) is 3. The van der Waals surface area contributed by atoms with Crippen LogP contribution in [0.3, 0.4) is 0 Å². The topological polar surface area (TPSA) is 53.5 Å². The van der Waals surface area contributed by atoms with Gasteiger partial charge in [-0.3, -0.25) is 0 Å². The van der Waals surface area contributed by atoms with Gasteiger partial charge in [0.25, 0.3) is 0 Å². The van der Waals surface area contributed by atoms with Crippen LogP contribution in [0.2, 0.25) is 0 Å². The molecule has 0 amide bonds. The molecule has 114 valence electrons. The summed E-state index contributed by atoms with van der Waals surface area (Å²) >= 11 is 0. The number of fused-ring (bicyclic) bond motifs is 1. The molecule has 0 saturated heterocycles. The first-order valence-electron chi connectivity index (χ1n) is 7.21. The smallest absolute Gasteiger partial charge is 0.231 e. The molecule has 5 nitrogen and oxygen atoms in total. The summed E-state index contributed by atoms with van der Waals surface area (Å²) in [6.07, 6.45) is 1.76. The summed E-state index contributed by atoms with van der Waals surface area (Å²) in [6.45, 7) is 0.264. The van der Waals surface area contributed by atoms with Gasteiger partial charge in [-0.2, -0.15) is 0 Å². The molecular weight excluding hydrogens is 292 g/mol. The second-order valence-corrected chi connectivity index (χ2v) is 5.06. The van der Waals surface area contributed by atoms with Gasteiger partial charge in [-0.1, -0.05) is 0 Å². The standard InChI is InChI=1S/C18H14N2O3/c1-21-14-5-2-12(3-6-14)18-19-9-8-15(20-18)13-4-7-16-17(10-13)23-11-22-16/h2-10H,11H2,1H3. The lowest BCUT2D eigenvalue weighted by Crippen LogP contribution is -1.93. The number of rotatable bonds is 3. The molecule has 0 radical (unpaired) electrons. The Morgan fingerprint density at radius 2 is 1.70 bits per heavy atom. The lowest BCUT2D eigenvalue weighted by Gasteiger charge is -2.06. The Labute approximate surface area is 133 Å². The lowest BCUT2D eigenvalue weighted by atomic mass is 10.1. The van der Waals surface area contributed by atoms with Crippen LogP contribution < -0.4 is 14.2 Å². The third-order valence-electron chi connectivity index (χ3n) is 3.67. The van der Waals surface area contributed by atoms with Gasteiger partial charge in [0, 0.05) is 17.3 Å². The molecule has 1 aliphatic rings. The molecule has 1 aliphatic heterocycles. The van der Waals surface area contributed by atoms with Crippen molar-refractivity contribution in [3.05, 3.63) is 54.7 Å². The van der Waals surface area contributed by atoms with Crippen molar-refractivity contribution in [2.24, 2.45) is 0 Å². The average Bonchev–Trinajstić information content (AvgIpc) is 3.09. The van der Waals surface area contributed by atoms with E-state index in [4.69, 9.17) is 14.2 Å². The van der Waals surface area contributed by atoms with Gasteiger partial charge in [0.05, 0.1) is 12.8 Å². The average molecular weight is 306 g/mol. The van der Waals surface area contributed by atoms with E-state index in [0.717, 1.165) is 34.1 Å². The zero-order chi connectivity index (χ0) is 15.6. The van der Waals surface area contributed by atoms with Gasteiger partial charge in [0.2, 0.25) is 6.79 Å². The van der Waals surface area contributed by atoms with Crippen molar-refractivity contribution in [1.29, 1.82) is 0 Å². The fourth-order valence-electron chi connectivity index (χ4n) is 2.45. The van der Waals surface area contributed by atoms with Crippen molar-refractivity contribution >= 4 is 0 Å². The molecule has 0 fully saturated rings. The Bertz CT molecular complexity index is 847. The van der Waals surface area contributed by atoms with Gasteiger partial charge in [-0.25, -0.2) is 9.97 Å². The minimum absolute atomic E-state index is 0.264. The van der Waals surface area contributed by atoms with E-state index < -0.39 is 0 Å². The highest BCUT2D eigenvalue weighted by molar-refractivity contribution is 5.67. The second kappa shape index (κ2) is 5.61. The molecule has 2 heterocycles. The normalized spacial score (nSPS) is 12.2. The predicted octanol–water partition coefficient (Wildman–Crippen LogP) is 3.55. The van der Waals surface area contributed by atoms with Crippen LogP contribution in [0.4, 0.5) is 0 Å². The molecule has 4 rings (SSSR count). The van der Waals surface area contributed by atoms with Crippen molar-refractivity contribution in [2.45, 2.75) is 0 Å². The number of hydrogen-bond donors (Lipinski definition) is 0. The van der Waals surface area contributed by atoms with Crippen LogP contribution in [-0.4, -0.2) is 23.9 Å². The van der Waals surface area contributed by atoms with Crippen molar-refractivity contribution in [3.63, 3.8) is 0 Å². The number of nitrogens with zero attached hydrogens (tertiary/aromatic N) is 2. The summed E-state index contributed by atoms with van der Waals surface area (Å²) in [5.74, 6) is 2.98. The Morgan fingerprint density at radius 3 is 2.52 bits per heavy atom. The Hall–Kier alpha value is -3.08. The highest BCUT2D eigenvalue weighted by atomic mass is 16.7. The summed E-state index contributed by atoms with van der Waals surface area (Å²) in [5.41, 5.74) is 2.74. The van der Waals surface area contributed by atoms with Crippen LogP contribution >= 0.6 is 0 Å². The molecule has 0 bridgehead atoms. The van der Waals surface area contributed by atoms with E-state index in [1.807, 2.05) is 48.5 Å². The third kappa shape index (κ3) is 2.57. The minimum Gasteiger partial charge on any atom is -0.497 e. The SMILES string of the molecule is COc1ccc(-c2nccc(-c3ccc4c(c3)OCO4)n2)cc1. The fourth-order valence-corrected chi connectivity index (χ4v) is 2.45. The van der Waals surface area contributed by atoms with Gasteiger partial charge in [-0.05, 0) is 48.5 Å². The molecule has 0 atom stereocenters. The van der Waals surface area contributed by atoms with Gasteiger partial charge >= 0.3 is 0 Å². The summed E-state index contributed by atoms with van der Waals surface area (Å²) in [6, 6.07) is 15.3. The zero-order valence-electron chi connectivity index (χ0n) is 12.5. The molecular formula is C18H14N2O3. The van der Waals surface area contributed by atoms with Crippen LogP contribution in [0, 0.1) is 0 Å². The van der Waals surface area contributed by atoms with E-state index >= 15 is 0 Å². The quantitative estimate of drug-likeness (QED) is 0.740. The molecule has 5 heteroatoms. The molecule has 0 saturated carbocycles. The highest BCUT2D eigenvalue weighted by Crippen LogP contribution is 2.35. The molecule has 0 spiro atoms. The predicted molar refractivity (Wildman–Crippen MR) is 85.6 cm³/mol. The number of aromatic nitrogens is 2. The maximum Gasteiger partial charge on any atom is 0.231 e. The fraction of sp³-hybridized carbons (Fsp3) is 0.111. The first-order chi connectivity index (χ1) is 11.3. The van der Waals surface area contributed by atoms with E-state index in [2.05, 4.69) is 9.97 Å². The number of methoxy groups -OCH3 is 1. The van der Waals surface area contributed by atoms with Crippen molar-refractivity contribution in [2.75, 3.05) is 13.9 Å². The van der Waals surface area contributed by atoms with E-state index in [1.165, 1.54) is 0 Å². The van der Waals surface area contributed by atoms with E-state index in [0.29, 0.717) is 5.82 Å². The Balaban J connectivity index is 1.70. The highest BCUT2D eigenvalue weighted by Gasteiger charge is 2.14. The van der Waals surface area contributed by atoms with Crippen LogP contribution in [0.5, 0.6) is 17.2 Å². The van der Waals surface area contributed by atoms with Crippen molar-refractivity contribution in [1.82, 2.24) is 9.97 Å². The van der Waals surface area contributed by atoms with Gasteiger partial charge in [0.15, 0.2) is 17.3 Å². The van der Waals surface area contributed by atoms with Crippen molar-refractivity contribution < 1.29 is 14.2 Å².